The molecule has 0 radical (unpaired) electrons. The number of esters is 1. The summed E-state index contributed by atoms with van der Waals surface area (Å²) in [4.78, 5) is 36.0. The van der Waals surface area contributed by atoms with Crippen LogP contribution in [0.5, 0.6) is 11.5 Å². The summed E-state index contributed by atoms with van der Waals surface area (Å²) < 4.78 is 18.0. The van der Waals surface area contributed by atoms with E-state index in [2.05, 4.69) is 24.6 Å². The molecule has 0 aliphatic heterocycles. The van der Waals surface area contributed by atoms with E-state index in [-0.39, 0.29) is 13.2 Å². The van der Waals surface area contributed by atoms with Crippen molar-refractivity contribution in [3.63, 3.8) is 0 Å². The second-order valence-electron chi connectivity index (χ2n) is 20.4. The van der Waals surface area contributed by atoms with Gasteiger partial charge in [0.2, 0.25) is 0 Å². The lowest BCUT2D eigenvalue weighted by molar-refractivity contribution is -0.143. The summed E-state index contributed by atoms with van der Waals surface area (Å²) in [5, 5.41) is 11.3. The summed E-state index contributed by atoms with van der Waals surface area (Å²) >= 11 is 0. The third kappa shape index (κ3) is 39.3. The van der Waals surface area contributed by atoms with Gasteiger partial charge in [0.05, 0.1) is 18.9 Å². The minimum atomic E-state index is -1.23. The van der Waals surface area contributed by atoms with Crippen molar-refractivity contribution in [2.45, 2.75) is 277 Å². The Bertz CT molecular complexity index is 1490. The van der Waals surface area contributed by atoms with Gasteiger partial charge in [0.1, 0.15) is 24.7 Å². The molecule has 0 heterocycles. The Morgan fingerprint density at radius 3 is 1.08 bits per heavy atom. The molecule has 0 bridgehead atoms. The maximum atomic E-state index is 12.7. The number of ether oxygens (including phenoxy) is 3. The lowest BCUT2D eigenvalue weighted by Gasteiger charge is -2.13. The minimum absolute atomic E-state index is 0.0256. The van der Waals surface area contributed by atoms with Crippen molar-refractivity contribution < 1.29 is 33.7 Å². The number of carboxylic acid groups (broad SMARTS) is 1. The standard InChI is InChI=1S/C61H105N3O7/c1-3-5-7-9-11-13-15-17-19-21-23-25-27-29-31-33-35-37-39-41-47-69-57-49-54(53-71-59(65)52-62-60(66)55-43-45-56(46-44-55)63-64-61(67)68)50-58(51-57)70-48-42-40-38-36-34-32-30-28-26-24-22-20-18-16-14-12-10-8-6-4-2/h43-46,49-51,63-64H,3-42,47-48,52-53H2,1-2H3,(H,62,66)(H,67,68). The van der Waals surface area contributed by atoms with Gasteiger partial charge < -0.3 is 24.6 Å². The first-order chi connectivity index (χ1) is 34.9. The van der Waals surface area contributed by atoms with Crippen molar-refractivity contribution in [2.24, 2.45) is 0 Å². The van der Waals surface area contributed by atoms with Gasteiger partial charge in [-0.2, -0.15) is 0 Å². The van der Waals surface area contributed by atoms with Crippen molar-refractivity contribution in [1.29, 1.82) is 0 Å². The van der Waals surface area contributed by atoms with E-state index >= 15 is 0 Å². The van der Waals surface area contributed by atoms with Gasteiger partial charge in [-0.1, -0.05) is 258 Å². The molecule has 71 heavy (non-hydrogen) atoms. The van der Waals surface area contributed by atoms with Crippen molar-refractivity contribution in [3.05, 3.63) is 53.6 Å². The fraction of sp³-hybridized carbons (Fsp3) is 0.754. The molecule has 0 aliphatic carbocycles. The molecule has 2 aromatic carbocycles. The molecular weight excluding hydrogens is 887 g/mol. The predicted octanol–water partition coefficient (Wildman–Crippen LogP) is 18.2. The highest BCUT2D eigenvalue weighted by Gasteiger charge is 2.12. The van der Waals surface area contributed by atoms with Crippen LogP contribution in [0.4, 0.5) is 10.5 Å². The van der Waals surface area contributed by atoms with Crippen molar-refractivity contribution >= 4 is 23.7 Å². The van der Waals surface area contributed by atoms with Crippen LogP contribution in [0.1, 0.15) is 287 Å². The number of benzene rings is 2. The molecule has 0 saturated carbocycles. The Balaban J connectivity index is 1.64. The first-order valence-corrected chi connectivity index (χ1v) is 29.6. The molecule has 10 heteroatoms. The SMILES string of the molecule is CCCCCCCCCCCCCCCCCCCCCCOc1cc(COC(=O)CNC(=O)c2ccc(NNC(=O)O)cc2)cc(OCCCCCCCCCCCCCCCCCCCCCC)c1. The molecule has 0 aromatic heterocycles. The Morgan fingerprint density at radius 2 is 0.761 bits per heavy atom. The lowest BCUT2D eigenvalue weighted by atomic mass is 10.0. The van der Waals surface area contributed by atoms with Gasteiger partial charge in [0, 0.05) is 11.6 Å². The summed E-state index contributed by atoms with van der Waals surface area (Å²) in [5.41, 5.74) is 6.12. The summed E-state index contributed by atoms with van der Waals surface area (Å²) in [7, 11) is 0. The van der Waals surface area contributed by atoms with Gasteiger partial charge in [-0.05, 0) is 54.8 Å². The highest BCUT2D eigenvalue weighted by molar-refractivity contribution is 5.96. The average molecular weight is 993 g/mol. The molecular formula is C61H105N3O7. The van der Waals surface area contributed by atoms with E-state index in [1.54, 1.807) is 12.1 Å². The average Bonchev–Trinajstić information content (AvgIpc) is 3.37. The van der Waals surface area contributed by atoms with Gasteiger partial charge in [0.25, 0.3) is 5.91 Å². The first-order valence-electron chi connectivity index (χ1n) is 29.6. The molecule has 0 atom stereocenters. The Morgan fingerprint density at radius 1 is 0.437 bits per heavy atom. The zero-order valence-corrected chi connectivity index (χ0v) is 45.6. The van der Waals surface area contributed by atoms with E-state index in [1.807, 2.05) is 23.6 Å². The van der Waals surface area contributed by atoms with Gasteiger partial charge in [-0.25, -0.2) is 10.2 Å². The molecule has 0 unspecified atom stereocenters. The molecule has 0 fully saturated rings. The van der Waals surface area contributed by atoms with Gasteiger partial charge in [-0.15, -0.1) is 0 Å². The second kappa shape index (κ2) is 47.1. The van der Waals surface area contributed by atoms with Crippen LogP contribution < -0.4 is 25.6 Å². The monoisotopic (exact) mass is 992 g/mol. The van der Waals surface area contributed by atoms with Crippen LogP contribution in [0.3, 0.4) is 0 Å². The van der Waals surface area contributed by atoms with E-state index in [4.69, 9.17) is 19.3 Å². The number of rotatable bonds is 51. The van der Waals surface area contributed by atoms with Gasteiger partial charge in [0.15, 0.2) is 0 Å². The molecule has 0 aliphatic rings. The summed E-state index contributed by atoms with van der Waals surface area (Å²) in [6, 6.07) is 11.9. The van der Waals surface area contributed by atoms with Crippen molar-refractivity contribution in [1.82, 2.24) is 10.7 Å². The number of carbonyl (C=O) groups excluding carboxylic acids is 2. The maximum Gasteiger partial charge on any atom is 0.423 e. The summed E-state index contributed by atoms with van der Waals surface area (Å²) in [6.45, 7) is 5.56. The van der Waals surface area contributed by atoms with Gasteiger partial charge in [-0.3, -0.25) is 15.0 Å². The van der Waals surface area contributed by atoms with Crippen LogP contribution in [0.15, 0.2) is 42.5 Å². The van der Waals surface area contributed by atoms with Crippen LogP contribution in [0, 0.1) is 0 Å². The second-order valence-corrected chi connectivity index (χ2v) is 20.4. The molecule has 406 valence electrons. The number of hydrogen-bond acceptors (Lipinski definition) is 7. The van der Waals surface area contributed by atoms with Crippen LogP contribution >= 0.6 is 0 Å². The molecule has 4 N–H and O–H groups in total. The van der Waals surface area contributed by atoms with Crippen molar-refractivity contribution in [3.8, 4) is 11.5 Å². The molecule has 2 amide bonds. The van der Waals surface area contributed by atoms with E-state index < -0.39 is 18.0 Å². The predicted molar refractivity (Wildman–Crippen MR) is 297 cm³/mol. The van der Waals surface area contributed by atoms with Crippen molar-refractivity contribution in [2.75, 3.05) is 25.2 Å². The maximum absolute atomic E-state index is 12.7. The smallest absolute Gasteiger partial charge is 0.423 e. The molecule has 10 nitrogen and oxygen atoms in total. The fourth-order valence-corrected chi connectivity index (χ4v) is 9.28. The van der Waals surface area contributed by atoms with E-state index in [1.165, 1.54) is 243 Å². The number of hydrogen-bond donors (Lipinski definition) is 4. The number of nitrogens with one attached hydrogen (secondary N) is 3. The quantitative estimate of drug-likeness (QED) is 0.0292. The van der Waals surface area contributed by atoms with Crippen LogP contribution in [-0.2, 0) is 16.1 Å². The molecule has 0 saturated heterocycles. The number of anilines is 1. The lowest BCUT2D eigenvalue weighted by Crippen LogP contribution is -2.30. The van der Waals surface area contributed by atoms with Gasteiger partial charge >= 0.3 is 12.1 Å². The number of amides is 2. The molecule has 2 aromatic rings. The van der Waals surface area contributed by atoms with E-state index in [0.29, 0.717) is 36.0 Å². The normalized spacial score (nSPS) is 11.1. The fourth-order valence-electron chi connectivity index (χ4n) is 9.28. The van der Waals surface area contributed by atoms with Crippen LogP contribution in [0.2, 0.25) is 0 Å². The Hall–Kier alpha value is -3.95. The zero-order chi connectivity index (χ0) is 50.9. The number of carbonyl (C=O) groups is 3. The molecule has 0 spiro atoms. The third-order valence-electron chi connectivity index (χ3n) is 13.7. The molecule has 2 rings (SSSR count). The first kappa shape index (κ1) is 63.2. The number of unbranched alkanes of at least 4 members (excludes halogenated alkanes) is 38. The zero-order valence-electron chi connectivity index (χ0n) is 45.6. The van der Waals surface area contributed by atoms with E-state index in [0.717, 1.165) is 31.2 Å². The third-order valence-corrected chi connectivity index (χ3v) is 13.7. The minimum Gasteiger partial charge on any atom is -0.493 e. The van der Waals surface area contributed by atoms with Crippen LogP contribution in [-0.4, -0.2) is 42.8 Å². The Kier molecular flexibility index (Phi) is 41.9. The van der Waals surface area contributed by atoms with E-state index in [9.17, 15) is 14.4 Å². The highest BCUT2D eigenvalue weighted by Crippen LogP contribution is 2.25. The van der Waals surface area contributed by atoms with Crippen LogP contribution in [0.25, 0.3) is 0 Å². The summed E-state index contributed by atoms with van der Waals surface area (Å²) in [6.07, 6.45) is 52.9. The Labute approximate surface area is 434 Å². The number of hydrazine groups is 1. The largest absolute Gasteiger partial charge is 0.493 e. The topological polar surface area (TPSA) is 135 Å². The highest BCUT2D eigenvalue weighted by atomic mass is 16.5. The summed E-state index contributed by atoms with van der Waals surface area (Å²) in [5.74, 6) is 0.407.